The Bertz CT molecular complexity index is 600. The molecule has 1 atom stereocenters. The van der Waals surface area contributed by atoms with Crippen LogP contribution in [0.2, 0.25) is 0 Å². The number of hydrogen-bond donors (Lipinski definition) is 1. The summed E-state index contributed by atoms with van der Waals surface area (Å²) in [5.41, 5.74) is 0. The Morgan fingerprint density at radius 1 is 1.43 bits per heavy atom. The van der Waals surface area contributed by atoms with E-state index in [-0.39, 0.29) is 10.8 Å². The van der Waals surface area contributed by atoms with Gasteiger partial charge in [-0.3, -0.25) is 4.79 Å². The van der Waals surface area contributed by atoms with Crippen LogP contribution in [0.5, 0.6) is 0 Å². The normalized spacial score (nSPS) is 13.8. The quantitative estimate of drug-likeness (QED) is 0.763. The highest BCUT2D eigenvalue weighted by Crippen LogP contribution is 2.19. The van der Waals surface area contributed by atoms with E-state index in [2.05, 4.69) is 4.72 Å². The number of nitrogens with one attached hydrogen (secondary N) is 1. The van der Waals surface area contributed by atoms with Crippen LogP contribution in [0.15, 0.2) is 21.7 Å². The van der Waals surface area contributed by atoms with E-state index < -0.39 is 34.7 Å². The largest absolute Gasteiger partial charge is 0.406 e. The second kappa shape index (κ2) is 8.11. The molecule has 0 spiro atoms. The van der Waals surface area contributed by atoms with Crippen molar-refractivity contribution >= 4 is 27.3 Å². The second-order valence-corrected chi connectivity index (χ2v) is 7.89. The molecular weight excluding hydrogens is 353 g/mol. The van der Waals surface area contributed by atoms with Gasteiger partial charge in [-0.1, -0.05) is 19.4 Å². The molecule has 0 aliphatic rings. The number of sulfonamides is 1. The number of unbranched alkanes of at least 4 members (excludes halogenated alkanes) is 1. The molecule has 0 saturated heterocycles. The molecule has 23 heavy (non-hydrogen) atoms. The van der Waals surface area contributed by atoms with E-state index in [0.717, 1.165) is 11.3 Å². The molecule has 0 saturated carbocycles. The molecule has 132 valence electrons. The molecule has 1 N–H and O–H groups in total. The zero-order valence-electron chi connectivity index (χ0n) is 12.8. The van der Waals surface area contributed by atoms with Gasteiger partial charge in [0.05, 0.1) is 6.04 Å². The smallest absolute Gasteiger partial charge is 0.332 e. The van der Waals surface area contributed by atoms with E-state index in [9.17, 15) is 26.4 Å². The third-order valence-electron chi connectivity index (χ3n) is 2.93. The Kier molecular flexibility index (Phi) is 7.02. The minimum atomic E-state index is -4.53. The lowest BCUT2D eigenvalue weighted by Gasteiger charge is -2.26. The maximum atomic E-state index is 12.6. The highest BCUT2D eigenvalue weighted by molar-refractivity contribution is 7.91. The zero-order valence-corrected chi connectivity index (χ0v) is 14.4. The predicted molar refractivity (Wildman–Crippen MR) is 81.6 cm³/mol. The van der Waals surface area contributed by atoms with E-state index >= 15 is 0 Å². The predicted octanol–water partition coefficient (Wildman–Crippen LogP) is 2.61. The summed E-state index contributed by atoms with van der Waals surface area (Å²) >= 11 is 0.960. The fourth-order valence-electron chi connectivity index (χ4n) is 1.86. The lowest BCUT2D eigenvalue weighted by molar-refractivity contribution is -0.162. The summed E-state index contributed by atoms with van der Waals surface area (Å²) in [6.07, 6.45) is -3.50. The van der Waals surface area contributed by atoms with Crippen molar-refractivity contribution in [1.82, 2.24) is 9.62 Å². The van der Waals surface area contributed by atoms with Crippen LogP contribution in [-0.2, 0) is 14.8 Å². The second-order valence-electron chi connectivity index (χ2n) is 5.00. The van der Waals surface area contributed by atoms with Gasteiger partial charge in [0.1, 0.15) is 10.8 Å². The van der Waals surface area contributed by atoms with Crippen molar-refractivity contribution in [3.8, 4) is 0 Å². The van der Waals surface area contributed by atoms with Crippen molar-refractivity contribution in [3.63, 3.8) is 0 Å². The molecule has 0 fully saturated rings. The van der Waals surface area contributed by atoms with Gasteiger partial charge in [0, 0.05) is 6.54 Å². The first-order chi connectivity index (χ1) is 10.6. The molecule has 0 radical (unpaired) electrons. The maximum Gasteiger partial charge on any atom is 0.406 e. The average Bonchev–Trinajstić information content (AvgIpc) is 2.95. The van der Waals surface area contributed by atoms with Gasteiger partial charge >= 0.3 is 6.18 Å². The van der Waals surface area contributed by atoms with Gasteiger partial charge in [0.15, 0.2) is 0 Å². The fraction of sp³-hybridized carbons (Fsp3) is 0.615. The first-order valence-corrected chi connectivity index (χ1v) is 9.34. The minimum Gasteiger partial charge on any atom is -0.332 e. The fourth-order valence-corrected chi connectivity index (χ4v) is 4.07. The number of carbonyl (C=O) groups is 1. The molecular formula is C13H19F3N2O3S2. The van der Waals surface area contributed by atoms with Crippen LogP contribution in [0.4, 0.5) is 13.2 Å². The summed E-state index contributed by atoms with van der Waals surface area (Å²) in [5, 5.41) is 1.55. The highest BCUT2D eigenvalue weighted by atomic mass is 32.2. The van der Waals surface area contributed by atoms with E-state index in [1.54, 1.807) is 12.3 Å². The third kappa shape index (κ3) is 6.48. The van der Waals surface area contributed by atoms with Crippen LogP contribution in [0.25, 0.3) is 0 Å². The van der Waals surface area contributed by atoms with E-state index in [1.165, 1.54) is 19.1 Å². The molecule has 0 aliphatic carbocycles. The van der Waals surface area contributed by atoms with Crippen LogP contribution in [0.3, 0.4) is 0 Å². The molecule has 0 bridgehead atoms. The maximum absolute atomic E-state index is 12.6. The van der Waals surface area contributed by atoms with Crippen molar-refractivity contribution < 1.29 is 26.4 Å². The Balaban J connectivity index is 2.82. The van der Waals surface area contributed by atoms with Gasteiger partial charge in [-0.15, -0.1) is 11.3 Å². The van der Waals surface area contributed by atoms with Crippen molar-refractivity contribution in [2.24, 2.45) is 0 Å². The summed E-state index contributed by atoms with van der Waals surface area (Å²) < 4.78 is 64.0. The van der Waals surface area contributed by atoms with E-state index in [1.807, 2.05) is 0 Å². The standard InChI is InChI=1S/C13H19F3N2O3S2/c1-3-4-7-18(9-13(14,15)16)12(19)10(2)17-23(20,21)11-6-5-8-22-11/h5-6,8,10,17H,3-4,7,9H2,1-2H3. The van der Waals surface area contributed by atoms with Gasteiger partial charge in [-0.05, 0) is 24.8 Å². The van der Waals surface area contributed by atoms with Gasteiger partial charge in [-0.25, -0.2) is 8.42 Å². The number of amides is 1. The van der Waals surface area contributed by atoms with Crippen molar-refractivity contribution in [2.45, 2.75) is 43.1 Å². The van der Waals surface area contributed by atoms with Crippen molar-refractivity contribution in [2.75, 3.05) is 13.1 Å². The summed E-state index contributed by atoms with van der Waals surface area (Å²) in [5.74, 6) is -0.893. The summed E-state index contributed by atoms with van der Waals surface area (Å²) in [4.78, 5) is 12.8. The number of nitrogens with zero attached hydrogens (tertiary/aromatic N) is 1. The number of thiophene rings is 1. The first-order valence-electron chi connectivity index (χ1n) is 6.98. The molecule has 0 aromatic carbocycles. The molecule has 1 heterocycles. The SMILES string of the molecule is CCCCN(CC(F)(F)F)C(=O)C(C)NS(=O)(=O)c1cccs1. The number of halogens is 3. The number of rotatable bonds is 8. The first kappa shape index (κ1) is 19.9. The highest BCUT2D eigenvalue weighted by Gasteiger charge is 2.35. The van der Waals surface area contributed by atoms with Crippen LogP contribution in [0.1, 0.15) is 26.7 Å². The Morgan fingerprint density at radius 3 is 2.57 bits per heavy atom. The van der Waals surface area contributed by atoms with Gasteiger partial charge < -0.3 is 4.90 Å². The number of hydrogen-bond acceptors (Lipinski definition) is 4. The van der Waals surface area contributed by atoms with Crippen LogP contribution in [0, 0.1) is 0 Å². The summed E-state index contributed by atoms with van der Waals surface area (Å²) in [7, 11) is -3.92. The molecule has 1 unspecified atom stereocenters. The van der Waals surface area contributed by atoms with Crippen molar-refractivity contribution in [3.05, 3.63) is 17.5 Å². The summed E-state index contributed by atoms with van der Waals surface area (Å²) in [6.45, 7) is 1.57. The van der Waals surface area contributed by atoms with Crippen LogP contribution in [-0.4, -0.2) is 44.5 Å². The molecule has 1 aromatic rings. The molecule has 10 heteroatoms. The molecule has 0 aliphatic heterocycles. The lowest BCUT2D eigenvalue weighted by atomic mass is 10.2. The zero-order chi connectivity index (χ0) is 17.7. The van der Waals surface area contributed by atoms with Gasteiger partial charge in [0.2, 0.25) is 5.91 Å². The number of alkyl halides is 3. The molecule has 1 aromatic heterocycles. The topological polar surface area (TPSA) is 66.5 Å². The average molecular weight is 372 g/mol. The Labute approximate surface area is 137 Å². The van der Waals surface area contributed by atoms with Crippen LogP contribution >= 0.6 is 11.3 Å². The van der Waals surface area contributed by atoms with Crippen molar-refractivity contribution in [1.29, 1.82) is 0 Å². The Morgan fingerprint density at radius 2 is 2.09 bits per heavy atom. The lowest BCUT2D eigenvalue weighted by Crippen LogP contribution is -2.49. The van der Waals surface area contributed by atoms with E-state index in [4.69, 9.17) is 0 Å². The van der Waals surface area contributed by atoms with Gasteiger partial charge in [-0.2, -0.15) is 17.9 Å². The molecule has 1 rings (SSSR count). The monoisotopic (exact) mass is 372 g/mol. The third-order valence-corrected chi connectivity index (χ3v) is 5.86. The van der Waals surface area contributed by atoms with E-state index in [0.29, 0.717) is 17.7 Å². The minimum absolute atomic E-state index is 0.00748. The summed E-state index contributed by atoms with van der Waals surface area (Å²) in [6, 6.07) is 1.61. The number of carbonyl (C=O) groups excluding carboxylic acids is 1. The van der Waals surface area contributed by atoms with Gasteiger partial charge in [0.25, 0.3) is 10.0 Å². The van der Waals surface area contributed by atoms with Crippen LogP contribution < -0.4 is 4.72 Å². The molecule has 1 amide bonds. The Hall–Kier alpha value is -1.13. The molecule has 5 nitrogen and oxygen atoms in total.